The minimum absolute atomic E-state index is 0.0249. The molecule has 0 saturated carbocycles. The Bertz CT molecular complexity index is 1980. The number of aryl methyl sites for hydroxylation is 1. The van der Waals surface area contributed by atoms with Gasteiger partial charge in [-0.1, -0.05) is 35.6 Å². The summed E-state index contributed by atoms with van der Waals surface area (Å²) in [5, 5.41) is 8.64. The van der Waals surface area contributed by atoms with Gasteiger partial charge in [0.25, 0.3) is 11.8 Å². The van der Waals surface area contributed by atoms with Crippen molar-refractivity contribution in [1.29, 1.82) is 0 Å². The first kappa shape index (κ1) is 34.0. The van der Waals surface area contributed by atoms with Gasteiger partial charge in [-0.15, -0.1) is 11.8 Å². The number of amides is 3. The Morgan fingerprint density at radius 2 is 1.52 bits per heavy atom. The van der Waals surface area contributed by atoms with Crippen molar-refractivity contribution < 1.29 is 28.6 Å². The lowest BCUT2D eigenvalue weighted by Gasteiger charge is -2.15. The number of benzene rings is 4. The maximum absolute atomic E-state index is 13.6. The van der Waals surface area contributed by atoms with Crippen LogP contribution in [-0.4, -0.2) is 49.3 Å². The topological polar surface area (TPSA) is 128 Å². The van der Waals surface area contributed by atoms with Gasteiger partial charge < -0.3 is 30.2 Å². The first-order valence-corrected chi connectivity index (χ1v) is 16.5. The highest BCUT2D eigenvalue weighted by Gasteiger charge is 2.19. The second-order valence-electron chi connectivity index (χ2n) is 10.5. The number of ether oxygens (including phenoxy) is 3. The largest absolute Gasteiger partial charge is 0.496 e. The number of aromatic nitrogens is 1. The molecule has 0 aliphatic heterocycles. The van der Waals surface area contributed by atoms with Gasteiger partial charge in [-0.2, -0.15) is 0 Å². The first-order valence-electron chi connectivity index (χ1n) is 14.8. The lowest BCUT2D eigenvalue weighted by molar-refractivity contribution is -0.115. The predicted molar refractivity (Wildman–Crippen MR) is 191 cm³/mol. The van der Waals surface area contributed by atoms with Crippen LogP contribution in [0, 0.1) is 6.92 Å². The van der Waals surface area contributed by atoms with E-state index in [9.17, 15) is 14.4 Å². The summed E-state index contributed by atoms with van der Waals surface area (Å²) in [5.74, 6) is 0.0892. The van der Waals surface area contributed by atoms with E-state index in [1.54, 1.807) is 54.6 Å². The van der Waals surface area contributed by atoms with E-state index in [0.717, 1.165) is 20.7 Å². The molecule has 0 fully saturated rings. The number of carbonyl (C=O) groups excluding carboxylic acids is 3. The molecule has 10 nitrogen and oxygen atoms in total. The van der Waals surface area contributed by atoms with Gasteiger partial charge in [-0.3, -0.25) is 14.4 Å². The van der Waals surface area contributed by atoms with Crippen LogP contribution in [0.2, 0.25) is 0 Å². The number of methoxy groups -OCH3 is 3. The summed E-state index contributed by atoms with van der Waals surface area (Å²) < 4.78 is 17.4. The highest BCUT2D eigenvalue weighted by molar-refractivity contribution is 8.00. The van der Waals surface area contributed by atoms with Crippen LogP contribution in [0.1, 0.15) is 28.4 Å². The Balaban J connectivity index is 1.30. The lowest BCUT2D eigenvalue weighted by Crippen LogP contribution is -2.30. The Labute approximate surface area is 286 Å². The van der Waals surface area contributed by atoms with Crippen molar-refractivity contribution in [3.63, 3.8) is 0 Å². The number of thioether (sulfide) groups is 1. The number of hydrogen-bond donors (Lipinski definition) is 3. The maximum atomic E-state index is 13.6. The molecular weight excluding hydrogens is 649 g/mol. The summed E-state index contributed by atoms with van der Waals surface area (Å²) in [4.78, 5) is 45.0. The van der Waals surface area contributed by atoms with Crippen molar-refractivity contribution in [3.05, 3.63) is 107 Å². The van der Waals surface area contributed by atoms with E-state index in [4.69, 9.17) is 14.2 Å². The van der Waals surface area contributed by atoms with E-state index >= 15 is 0 Å². The third-order valence-electron chi connectivity index (χ3n) is 7.13. The normalized spacial score (nSPS) is 11.8. The second kappa shape index (κ2) is 15.5. The van der Waals surface area contributed by atoms with E-state index < -0.39 is 17.1 Å². The van der Waals surface area contributed by atoms with Crippen molar-refractivity contribution in [1.82, 2.24) is 10.3 Å². The van der Waals surface area contributed by atoms with Crippen LogP contribution in [-0.2, 0) is 9.59 Å². The number of hydrogen-bond acceptors (Lipinski definition) is 9. The Kier molecular flexibility index (Phi) is 11.0. The van der Waals surface area contributed by atoms with Gasteiger partial charge in [0.15, 0.2) is 16.6 Å². The third kappa shape index (κ3) is 8.33. The molecule has 3 amide bonds. The number of nitrogens with one attached hydrogen (secondary N) is 3. The van der Waals surface area contributed by atoms with E-state index in [-0.39, 0.29) is 11.6 Å². The van der Waals surface area contributed by atoms with Crippen LogP contribution in [0.3, 0.4) is 0 Å². The summed E-state index contributed by atoms with van der Waals surface area (Å²) in [6.45, 7) is 3.84. The summed E-state index contributed by atoms with van der Waals surface area (Å²) in [7, 11) is 4.50. The molecule has 246 valence electrons. The monoisotopic (exact) mass is 682 g/mol. The van der Waals surface area contributed by atoms with Crippen LogP contribution in [0.25, 0.3) is 16.3 Å². The molecule has 12 heteroatoms. The molecule has 0 spiro atoms. The number of carbonyl (C=O) groups is 3. The molecule has 0 bridgehead atoms. The molecule has 0 radical (unpaired) electrons. The molecule has 4 aromatic carbocycles. The number of rotatable bonds is 12. The highest BCUT2D eigenvalue weighted by atomic mass is 32.2. The summed E-state index contributed by atoms with van der Waals surface area (Å²) in [6, 6.07) is 24.9. The van der Waals surface area contributed by atoms with Crippen molar-refractivity contribution in [2.45, 2.75) is 24.0 Å². The molecule has 1 aromatic heterocycles. The van der Waals surface area contributed by atoms with Gasteiger partial charge in [0, 0.05) is 27.8 Å². The minimum Gasteiger partial charge on any atom is -0.496 e. The van der Waals surface area contributed by atoms with Gasteiger partial charge in [0.2, 0.25) is 5.91 Å². The average molecular weight is 683 g/mol. The number of anilines is 2. The second-order valence-corrected chi connectivity index (χ2v) is 13.0. The minimum atomic E-state index is -0.560. The van der Waals surface area contributed by atoms with Crippen LogP contribution in [0.4, 0.5) is 10.8 Å². The Morgan fingerprint density at radius 1 is 0.833 bits per heavy atom. The van der Waals surface area contributed by atoms with E-state index in [1.807, 2.05) is 44.2 Å². The lowest BCUT2D eigenvalue weighted by atomic mass is 10.1. The number of nitrogens with zero attached hydrogens (tertiary/aromatic N) is 1. The van der Waals surface area contributed by atoms with E-state index in [1.165, 1.54) is 50.5 Å². The fourth-order valence-electron chi connectivity index (χ4n) is 4.63. The molecule has 0 aliphatic rings. The zero-order valence-electron chi connectivity index (χ0n) is 27.0. The predicted octanol–water partition coefficient (Wildman–Crippen LogP) is 7.16. The quantitative estimate of drug-likeness (QED) is 0.0935. The molecule has 48 heavy (non-hydrogen) atoms. The zero-order chi connectivity index (χ0) is 34.2. The van der Waals surface area contributed by atoms with Gasteiger partial charge in [0.1, 0.15) is 11.4 Å². The third-order valence-corrected chi connectivity index (χ3v) is 9.18. The fourth-order valence-corrected chi connectivity index (χ4v) is 6.46. The Morgan fingerprint density at radius 3 is 2.21 bits per heavy atom. The van der Waals surface area contributed by atoms with Crippen molar-refractivity contribution in [2.24, 2.45) is 0 Å². The smallest absolute Gasteiger partial charge is 0.272 e. The summed E-state index contributed by atoms with van der Waals surface area (Å²) >= 11 is 2.82. The van der Waals surface area contributed by atoms with E-state index in [2.05, 4.69) is 20.9 Å². The molecular formula is C36H34N4O6S2. The van der Waals surface area contributed by atoms with Crippen molar-refractivity contribution in [3.8, 4) is 17.2 Å². The molecule has 0 aliphatic carbocycles. The van der Waals surface area contributed by atoms with Crippen LogP contribution in [0.5, 0.6) is 17.2 Å². The van der Waals surface area contributed by atoms with Gasteiger partial charge >= 0.3 is 0 Å². The van der Waals surface area contributed by atoms with Gasteiger partial charge in [-0.25, -0.2) is 4.98 Å². The van der Waals surface area contributed by atoms with Gasteiger partial charge in [-0.05, 0) is 80.1 Å². The zero-order valence-corrected chi connectivity index (χ0v) is 28.6. The molecule has 1 atom stereocenters. The molecule has 0 saturated heterocycles. The molecule has 1 unspecified atom stereocenters. The Hall–Kier alpha value is -5.33. The van der Waals surface area contributed by atoms with Gasteiger partial charge in [0.05, 0.1) is 36.8 Å². The summed E-state index contributed by atoms with van der Waals surface area (Å²) in [5.41, 5.74) is 3.31. The first-order chi connectivity index (χ1) is 23.2. The maximum Gasteiger partial charge on any atom is 0.272 e. The van der Waals surface area contributed by atoms with Crippen LogP contribution >= 0.6 is 23.1 Å². The molecule has 5 rings (SSSR count). The average Bonchev–Trinajstić information content (AvgIpc) is 3.49. The van der Waals surface area contributed by atoms with Crippen molar-refractivity contribution >= 4 is 67.9 Å². The standard InChI is InChI=1S/C36H34N4O6S2/c1-21-11-16-27-32(17-21)48-36(39-27)40-33(41)22(2)47-26-14-12-25(13-15-26)37-35(43)28(38-34(42)23-9-7-6-8-10-23)18-24-19-30(45-4)31(46-5)20-29(24)44-3/h6-20,22H,1-5H3,(H,37,43)(H,38,42)(H,39,40,41)/b28-18-. The highest BCUT2D eigenvalue weighted by Crippen LogP contribution is 2.36. The molecule has 5 aromatic rings. The van der Waals surface area contributed by atoms with Crippen LogP contribution in [0.15, 0.2) is 95.5 Å². The SMILES string of the molecule is COc1cc(OC)c(OC)cc1/C=C(\NC(=O)c1ccccc1)C(=O)Nc1ccc(SC(C)C(=O)Nc2nc3ccc(C)cc3s2)cc1. The van der Waals surface area contributed by atoms with Crippen molar-refractivity contribution in [2.75, 3.05) is 32.0 Å². The molecule has 3 N–H and O–H groups in total. The molecule has 1 heterocycles. The fraction of sp³-hybridized carbons (Fsp3) is 0.167. The van der Waals surface area contributed by atoms with E-state index in [0.29, 0.717) is 39.2 Å². The summed E-state index contributed by atoms with van der Waals surface area (Å²) in [6.07, 6.45) is 1.51. The number of fused-ring (bicyclic) bond motifs is 1. The van der Waals surface area contributed by atoms with Crippen LogP contribution < -0.4 is 30.2 Å². The number of thiazole rings is 1.